The first kappa shape index (κ1) is 11.9. The van der Waals surface area contributed by atoms with E-state index in [1.807, 2.05) is 0 Å². The van der Waals surface area contributed by atoms with Crippen molar-refractivity contribution in [3.8, 4) is 0 Å². The molecule has 0 aromatic carbocycles. The lowest BCUT2D eigenvalue weighted by molar-refractivity contribution is 0.0302. The van der Waals surface area contributed by atoms with E-state index >= 15 is 0 Å². The highest BCUT2D eigenvalue weighted by atomic mass is 16.3. The molecular weight excluding hydrogens is 196 g/mol. The van der Waals surface area contributed by atoms with E-state index in [0.717, 1.165) is 19.3 Å². The first-order chi connectivity index (χ1) is 7.59. The SMILES string of the molecule is CC1CCC(CC2(C)C=CC=CC2)C(O)C1. The first-order valence-corrected chi connectivity index (χ1v) is 6.61. The van der Waals surface area contributed by atoms with Gasteiger partial charge in [0.2, 0.25) is 0 Å². The van der Waals surface area contributed by atoms with E-state index in [0.29, 0.717) is 11.8 Å². The van der Waals surface area contributed by atoms with Gasteiger partial charge in [-0.25, -0.2) is 0 Å². The Morgan fingerprint density at radius 3 is 2.75 bits per heavy atom. The molecule has 1 nitrogen and oxygen atoms in total. The fourth-order valence-electron chi connectivity index (χ4n) is 3.17. The molecule has 4 unspecified atom stereocenters. The summed E-state index contributed by atoms with van der Waals surface area (Å²) in [5.41, 5.74) is 0.279. The predicted molar refractivity (Wildman–Crippen MR) is 68.1 cm³/mol. The summed E-state index contributed by atoms with van der Waals surface area (Å²) in [6.45, 7) is 4.57. The molecule has 0 amide bonds. The summed E-state index contributed by atoms with van der Waals surface area (Å²) in [6.07, 6.45) is 14.5. The second-order valence-corrected chi connectivity index (χ2v) is 6.10. The molecule has 0 aliphatic heterocycles. The average molecular weight is 220 g/mol. The zero-order valence-corrected chi connectivity index (χ0v) is 10.5. The highest BCUT2D eigenvalue weighted by Gasteiger charge is 2.32. The molecule has 0 aromatic rings. The predicted octanol–water partition coefficient (Wildman–Crippen LogP) is 3.70. The van der Waals surface area contributed by atoms with Crippen LogP contribution in [0.1, 0.15) is 46.0 Å². The number of aliphatic hydroxyl groups is 1. The monoisotopic (exact) mass is 220 g/mol. The molecule has 0 heterocycles. The highest BCUT2D eigenvalue weighted by Crippen LogP contribution is 2.40. The van der Waals surface area contributed by atoms with Crippen LogP contribution in [-0.4, -0.2) is 11.2 Å². The first-order valence-electron chi connectivity index (χ1n) is 6.61. The van der Waals surface area contributed by atoms with Crippen molar-refractivity contribution >= 4 is 0 Å². The summed E-state index contributed by atoms with van der Waals surface area (Å²) >= 11 is 0. The lowest BCUT2D eigenvalue weighted by Gasteiger charge is -2.37. The topological polar surface area (TPSA) is 20.2 Å². The maximum atomic E-state index is 10.1. The van der Waals surface area contributed by atoms with Gasteiger partial charge in [0.05, 0.1) is 6.10 Å². The molecule has 0 saturated heterocycles. The normalized spacial score (nSPS) is 43.6. The molecular formula is C15H24O. The van der Waals surface area contributed by atoms with Crippen molar-refractivity contribution < 1.29 is 5.11 Å². The van der Waals surface area contributed by atoms with Gasteiger partial charge < -0.3 is 5.11 Å². The fourth-order valence-corrected chi connectivity index (χ4v) is 3.17. The summed E-state index contributed by atoms with van der Waals surface area (Å²) in [5, 5.41) is 10.1. The number of aliphatic hydroxyl groups excluding tert-OH is 1. The van der Waals surface area contributed by atoms with E-state index in [1.54, 1.807) is 0 Å². The standard InChI is InChI=1S/C15H24O/c1-12-6-7-13(14(16)10-12)11-15(2)8-4-3-5-9-15/h3-5,8,12-14,16H,6-7,9-11H2,1-2H3. The minimum absolute atomic E-state index is 0.0696. The zero-order chi connectivity index (χ0) is 11.6. The van der Waals surface area contributed by atoms with Crippen molar-refractivity contribution in [1.82, 2.24) is 0 Å². The summed E-state index contributed by atoms with van der Waals surface area (Å²) < 4.78 is 0. The van der Waals surface area contributed by atoms with E-state index in [1.165, 1.54) is 12.8 Å². The Bertz CT molecular complexity index is 292. The molecule has 2 rings (SSSR count). The van der Waals surface area contributed by atoms with Crippen LogP contribution in [0.15, 0.2) is 24.3 Å². The minimum Gasteiger partial charge on any atom is -0.393 e. The number of allylic oxidation sites excluding steroid dienone is 4. The van der Waals surface area contributed by atoms with Gasteiger partial charge >= 0.3 is 0 Å². The van der Waals surface area contributed by atoms with Gasteiger partial charge in [-0.2, -0.15) is 0 Å². The Balaban J connectivity index is 1.94. The van der Waals surface area contributed by atoms with Crippen molar-refractivity contribution in [3.05, 3.63) is 24.3 Å². The minimum atomic E-state index is -0.0696. The third-order valence-corrected chi connectivity index (χ3v) is 4.28. The maximum absolute atomic E-state index is 10.1. The van der Waals surface area contributed by atoms with Crippen LogP contribution < -0.4 is 0 Å². The second kappa shape index (κ2) is 4.75. The Labute approximate surface area is 99.3 Å². The van der Waals surface area contributed by atoms with Gasteiger partial charge in [0.15, 0.2) is 0 Å². The molecule has 0 spiro atoms. The van der Waals surface area contributed by atoms with Crippen molar-refractivity contribution in [2.24, 2.45) is 17.3 Å². The summed E-state index contributed by atoms with van der Waals surface area (Å²) in [7, 11) is 0. The lowest BCUT2D eigenvalue weighted by atomic mass is 9.70. The zero-order valence-electron chi connectivity index (χ0n) is 10.5. The molecule has 0 aromatic heterocycles. The van der Waals surface area contributed by atoms with Gasteiger partial charge in [-0.05, 0) is 42.9 Å². The Kier molecular flexibility index (Phi) is 3.53. The van der Waals surface area contributed by atoms with Crippen LogP contribution in [0.25, 0.3) is 0 Å². The molecule has 0 radical (unpaired) electrons. The van der Waals surface area contributed by atoms with Crippen LogP contribution in [0, 0.1) is 17.3 Å². The quantitative estimate of drug-likeness (QED) is 0.752. The molecule has 16 heavy (non-hydrogen) atoms. The van der Waals surface area contributed by atoms with Gasteiger partial charge in [0.25, 0.3) is 0 Å². The second-order valence-electron chi connectivity index (χ2n) is 6.10. The third-order valence-electron chi connectivity index (χ3n) is 4.28. The van der Waals surface area contributed by atoms with Crippen LogP contribution in [0.4, 0.5) is 0 Å². The lowest BCUT2D eigenvalue weighted by Crippen LogP contribution is -2.32. The van der Waals surface area contributed by atoms with Crippen LogP contribution in [-0.2, 0) is 0 Å². The molecule has 90 valence electrons. The van der Waals surface area contributed by atoms with Crippen molar-refractivity contribution in [1.29, 1.82) is 0 Å². The molecule has 4 atom stereocenters. The van der Waals surface area contributed by atoms with Crippen molar-refractivity contribution in [2.75, 3.05) is 0 Å². The van der Waals surface area contributed by atoms with Crippen LogP contribution in [0.3, 0.4) is 0 Å². The molecule has 2 aliphatic carbocycles. The van der Waals surface area contributed by atoms with E-state index in [4.69, 9.17) is 0 Å². The van der Waals surface area contributed by atoms with E-state index in [9.17, 15) is 5.11 Å². The Morgan fingerprint density at radius 2 is 2.12 bits per heavy atom. The Morgan fingerprint density at radius 1 is 1.31 bits per heavy atom. The molecule has 1 N–H and O–H groups in total. The summed E-state index contributed by atoms with van der Waals surface area (Å²) in [5.74, 6) is 1.22. The maximum Gasteiger partial charge on any atom is 0.0571 e. The van der Waals surface area contributed by atoms with Gasteiger partial charge in [-0.1, -0.05) is 44.6 Å². The van der Waals surface area contributed by atoms with Crippen molar-refractivity contribution in [2.45, 2.75) is 52.1 Å². The van der Waals surface area contributed by atoms with E-state index < -0.39 is 0 Å². The molecule has 0 bridgehead atoms. The molecule has 2 aliphatic rings. The van der Waals surface area contributed by atoms with Crippen LogP contribution in [0.2, 0.25) is 0 Å². The molecule has 1 fully saturated rings. The van der Waals surface area contributed by atoms with Gasteiger partial charge in [-0.3, -0.25) is 0 Å². The largest absolute Gasteiger partial charge is 0.393 e. The van der Waals surface area contributed by atoms with Crippen LogP contribution in [0.5, 0.6) is 0 Å². The molecule has 1 saturated carbocycles. The molecule has 1 heteroatoms. The summed E-state index contributed by atoms with van der Waals surface area (Å²) in [4.78, 5) is 0. The highest BCUT2D eigenvalue weighted by molar-refractivity contribution is 5.15. The number of rotatable bonds is 2. The van der Waals surface area contributed by atoms with Gasteiger partial charge in [0.1, 0.15) is 0 Å². The van der Waals surface area contributed by atoms with E-state index in [2.05, 4.69) is 38.2 Å². The number of hydrogen-bond acceptors (Lipinski definition) is 1. The van der Waals surface area contributed by atoms with Crippen LogP contribution >= 0.6 is 0 Å². The van der Waals surface area contributed by atoms with Crippen molar-refractivity contribution in [3.63, 3.8) is 0 Å². The third kappa shape index (κ3) is 2.76. The van der Waals surface area contributed by atoms with E-state index in [-0.39, 0.29) is 11.5 Å². The van der Waals surface area contributed by atoms with Gasteiger partial charge in [0, 0.05) is 0 Å². The summed E-state index contributed by atoms with van der Waals surface area (Å²) in [6, 6.07) is 0. The average Bonchev–Trinajstić information content (AvgIpc) is 2.23. The fraction of sp³-hybridized carbons (Fsp3) is 0.733. The smallest absolute Gasteiger partial charge is 0.0571 e. The Hall–Kier alpha value is -0.560. The number of hydrogen-bond donors (Lipinski definition) is 1. The van der Waals surface area contributed by atoms with Gasteiger partial charge in [-0.15, -0.1) is 0 Å².